The first-order valence-electron chi connectivity index (χ1n) is 9.64. The van der Waals surface area contributed by atoms with Gasteiger partial charge in [-0.05, 0) is 43.5 Å². The summed E-state index contributed by atoms with van der Waals surface area (Å²) in [6.07, 6.45) is 1.56. The van der Waals surface area contributed by atoms with E-state index in [0.717, 1.165) is 18.4 Å². The average molecular weight is 416 g/mol. The van der Waals surface area contributed by atoms with Crippen LogP contribution in [0.15, 0.2) is 36.4 Å². The number of hydrogen-bond donors (Lipinski definition) is 1. The van der Waals surface area contributed by atoms with E-state index in [9.17, 15) is 9.59 Å². The van der Waals surface area contributed by atoms with E-state index >= 15 is 0 Å². The Kier molecular flexibility index (Phi) is 6.55. The highest BCUT2D eigenvalue weighted by Crippen LogP contribution is 2.38. The highest BCUT2D eigenvalue weighted by Gasteiger charge is 2.36. The molecule has 2 amide bonds. The van der Waals surface area contributed by atoms with Gasteiger partial charge in [0.05, 0.1) is 11.3 Å². The van der Waals surface area contributed by atoms with Crippen molar-refractivity contribution in [3.63, 3.8) is 0 Å². The zero-order valence-electron chi connectivity index (χ0n) is 17.0. The molecule has 1 fully saturated rings. The molecule has 0 unspecified atom stereocenters. The molecule has 7 heteroatoms. The van der Waals surface area contributed by atoms with Crippen molar-refractivity contribution in [1.82, 2.24) is 15.2 Å². The zero-order valence-corrected chi connectivity index (χ0v) is 17.8. The van der Waals surface area contributed by atoms with E-state index in [4.69, 9.17) is 16.3 Å². The Morgan fingerprint density at radius 3 is 2.48 bits per heavy atom. The summed E-state index contributed by atoms with van der Waals surface area (Å²) in [5.74, 6) is -0.406. The van der Waals surface area contributed by atoms with E-state index in [-0.39, 0.29) is 17.2 Å². The summed E-state index contributed by atoms with van der Waals surface area (Å²) < 4.78 is 5.55. The van der Waals surface area contributed by atoms with Crippen molar-refractivity contribution in [2.24, 2.45) is 0 Å². The largest absolute Gasteiger partial charge is 0.381 e. The number of pyridine rings is 1. The summed E-state index contributed by atoms with van der Waals surface area (Å²) in [5, 5.41) is 3.76. The van der Waals surface area contributed by atoms with Gasteiger partial charge < -0.3 is 15.0 Å². The summed E-state index contributed by atoms with van der Waals surface area (Å²) in [6, 6.07) is 11.0. The van der Waals surface area contributed by atoms with Crippen LogP contribution in [0.1, 0.15) is 44.9 Å². The van der Waals surface area contributed by atoms with Crippen LogP contribution in [0.25, 0.3) is 0 Å². The maximum atomic E-state index is 12.9. The van der Waals surface area contributed by atoms with E-state index in [1.165, 1.54) is 4.90 Å². The number of halogens is 1. The predicted octanol–water partition coefficient (Wildman–Crippen LogP) is 3.22. The highest BCUT2D eigenvalue weighted by molar-refractivity contribution is 6.31. The van der Waals surface area contributed by atoms with Crippen LogP contribution in [0.3, 0.4) is 0 Å². The molecule has 0 atom stereocenters. The van der Waals surface area contributed by atoms with Gasteiger partial charge in [-0.15, -0.1) is 0 Å². The van der Waals surface area contributed by atoms with Crippen molar-refractivity contribution in [2.45, 2.75) is 25.2 Å². The first-order chi connectivity index (χ1) is 13.8. The number of ether oxygens (including phenoxy) is 1. The molecule has 0 saturated carbocycles. The normalized spacial score (nSPS) is 15.6. The van der Waals surface area contributed by atoms with E-state index in [1.807, 2.05) is 24.3 Å². The van der Waals surface area contributed by atoms with Crippen LogP contribution in [-0.4, -0.2) is 55.6 Å². The van der Waals surface area contributed by atoms with Crippen LogP contribution in [0.5, 0.6) is 0 Å². The quantitative estimate of drug-likeness (QED) is 0.813. The minimum absolute atomic E-state index is 0.195. The van der Waals surface area contributed by atoms with Crippen molar-refractivity contribution in [3.05, 3.63) is 63.9 Å². The second kappa shape index (κ2) is 8.93. The first-order valence-corrected chi connectivity index (χ1v) is 10.0. The molecule has 0 bridgehead atoms. The molecule has 1 N–H and O–H groups in total. The molecule has 2 heterocycles. The Morgan fingerprint density at radius 1 is 1.17 bits per heavy atom. The number of benzene rings is 1. The molecule has 1 aromatic heterocycles. The Morgan fingerprint density at radius 2 is 1.86 bits per heavy atom. The van der Waals surface area contributed by atoms with Crippen molar-refractivity contribution in [1.29, 1.82) is 0 Å². The Labute approximate surface area is 176 Å². The molecule has 0 radical (unpaired) electrons. The third-order valence-electron chi connectivity index (χ3n) is 5.44. The number of hydrogen-bond acceptors (Lipinski definition) is 4. The van der Waals surface area contributed by atoms with Crippen LogP contribution < -0.4 is 5.32 Å². The number of carbonyl (C=O) groups is 2. The Hall–Kier alpha value is -2.44. The van der Waals surface area contributed by atoms with Crippen molar-refractivity contribution >= 4 is 23.4 Å². The lowest BCUT2D eigenvalue weighted by Gasteiger charge is -2.38. The van der Waals surface area contributed by atoms with Crippen LogP contribution in [0, 0.1) is 6.92 Å². The average Bonchev–Trinajstić information content (AvgIpc) is 2.72. The fourth-order valence-electron chi connectivity index (χ4n) is 3.69. The van der Waals surface area contributed by atoms with Gasteiger partial charge in [0, 0.05) is 44.3 Å². The molecule has 154 valence electrons. The fourth-order valence-corrected chi connectivity index (χ4v) is 4.02. The molecule has 6 nitrogen and oxygen atoms in total. The van der Waals surface area contributed by atoms with E-state index < -0.39 is 0 Å². The third-order valence-corrected chi connectivity index (χ3v) is 5.77. The van der Waals surface area contributed by atoms with Crippen molar-refractivity contribution < 1.29 is 14.3 Å². The van der Waals surface area contributed by atoms with Crippen molar-refractivity contribution in [2.75, 3.05) is 33.9 Å². The maximum absolute atomic E-state index is 12.9. The second-order valence-corrected chi connectivity index (χ2v) is 7.99. The van der Waals surface area contributed by atoms with Gasteiger partial charge in [0.25, 0.3) is 11.8 Å². The molecule has 0 aliphatic carbocycles. The molecular weight excluding hydrogens is 390 g/mol. The summed E-state index contributed by atoms with van der Waals surface area (Å²) in [6.45, 7) is 3.45. The van der Waals surface area contributed by atoms with E-state index in [1.54, 1.807) is 33.2 Å². The standard InChI is InChI=1S/C22H26ClN3O3/c1-15-16(8-9-19(25-15)21(28)26(2)3)20(27)24-14-22(10-12-29-13-11-22)17-6-4-5-7-18(17)23/h4-9H,10-14H2,1-3H3,(H,24,27). The van der Waals surface area contributed by atoms with Crippen LogP contribution >= 0.6 is 11.6 Å². The molecule has 29 heavy (non-hydrogen) atoms. The molecule has 1 saturated heterocycles. The van der Waals surface area contributed by atoms with Gasteiger partial charge in [-0.3, -0.25) is 9.59 Å². The Balaban J connectivity index is 1.79. The molecule has 0 spiro atoms. The summed E-state index contributed by atoms with van der Waals surface area (Å²) in [4.78, 5) is 30.7. The lowest BCUT2D eigenvalue weighted by atomic mass is 9.74. The van der Waals surface area contributed by atoms with Gasteiger partial charge in [0.2, 0.25) is 0 Å². The number of nitrogens with zero attached hydrogens (tertiary/aromatic N) is 2. The minimum atomic E-state index is -0.269. The minimum Gasteiger partial charge on any atom is -0.381 e. The summed E-state index contributed by atoms with van der Waals surface area (Å²) >= 11 is 6.48. The molecule has 3 rings (SSSR count). The summed E-state index contributed by atoms with van der Waals surface area (Å²) in [7, 11) is 3.34. The smallest absolute Gasteiger partial charge is 0.271 e. The van der Waals surface area contributed by atoms with E-state index in [2.05, 4.69) is 10.3 Å². The van der Waals surface area contributed by atoms with Crippen LogP contribution in [-0.2, 0) is 10.2 Å². The van der Waals surface area contributed by atoms with Crippen LogP contribution in [0.2, 0.25) is 5.02 Å². The maximum Gasteiger partial charge on any atom is 0.271 e. The predicted molar refractivity (Wildman–Crippen MR) is 113 cm³/mol. The first kappa shape index (κ1) is 21.3. The van der Waals surface area contributed by atoms with Gasteiger partial charge in [-0.2, -0.15) is 0 Å². The van der Waals surface area contributed by atoms with Gasteiger partial charge in [-0.1, -0.05) is 29.8 Å². The fraction of sp³-hybridized carbons (Fsp3) is 0.409. The number of rotatable bonds is 5. The molecule has 1 aliphatic heterocycles. The van der Waals surface area contributed by atoms with Gasteiger partial charge in [0.1, 0.15) is 5.69 Å². The van der Waals surface area contributed by atoms with E-state index in [0.29, 0.717) is 41.7 Å². The Bertz CT molecular complexity index is 908. The second-order valence-electron chi connectivity index (χ2n) is 7.58. The highest BCUT2D eigenvalue weighted by atomic mass is 35.5. The number of aryl methyl sites for hydroxylation is 1. The monoisotopic (exact) mass is 415 g/mol. The SMILES string of the molecule is Cc1nc(C(=O)N(C)C)ccc1C(=O)NCC1(c2ccccc2Cl)CCOCC1. The topological polar surface area (TPSA) is 71.5 Å². The van der Waals surface area contributed by atoms with Crippen LogP contribution in [0.4, 0.5) is 0 Å². The van der Waals surface area contributed by atoms with Gasteiger partial charge >= 0.3 is 0 Å². The molecule has 1 aliphatic rings. The number of amides is 2. The number of aromatic nitrogens is 1. The van der Waals surface area contributed by atoms with Gasteiger partial charge in [-0.25, -0.2) is 4.98 Å². The lowest BCUT2D eigenvalue weighted by Crippen LogP contribution is -2.45. The lowest BCUT2D eigenvalue weighted by molar-refractivity contribution is 0.0487. The molecule has 1 aromatic carbocycles. The number of carbonyl (C=O) groups excluding carboxylic acids is 2. The molecule has 2 aromatic rings. The number of nitrogens with one attached hydrogen (secondary N) is 1. The third kappa shape index (κ3) is 4.60. The zero-order chi connectivity index (χ0) is 21.0. The molecular formula is C22H26ClN3O3. The van der Waals surface area contributed by atoms with Gasteiger partial charge in [0.15, 0.2) is 0 Å². The summed E-state index contributed by atoms with van der Waals surface area (Å²) in [5.41, 5.74) is 2.07. The van der Waals surface area contributed by atoms with Crippen molar-refractivity contribution in [3.8, 4) is 0 Å².